The van der Waals surface area contributed by atoms with Gasteiger partial charge >= 0.3 is 5.97 Å². The van der Waals surface area contributed by atoms with E-state index in [4.69, 9.17) is 28.9 Å². The lowest BCUT2D eigenvalue weighted by Gasteiger charge is -2.15. The van der Waals surface area contributed by atoms with Gasteiger partial charge in [0.1, 0.15) is 11.7 Å². The van der Waals surface area contributed by atoms with Gasteiger partial charge in [-0.25, -0.2) is 4.79 Å². The third kappa shape index (κ3) is 4.12. The third-order valence-corrected chi connectivity index (χ3v) is 4.01. The highest BCUT2D eigenvalue weighted by atomic mass is 35.5. The van der Waals surface area contributed by atoms with E-state index in [1.54, 1.807) is 0 Å². The van der Waals surface area contributed by atoms with E-state index in [1.165, 1.54) is 44.5 Å². The van der Waals surface area contributed by atoms with E-state index in [1.807, 2.05) is 0 Å². The third-order valence-electron chi connectivity index (χ3n) is 3.48. The Morgan fingerprint density at radius 1 is 1.28 bits per heavy atom. The molecular weight excluding hydrogens is 369 g/mol. The second kappa shape index (κ2) is 7.58. The van der Waals surface area contributed by atoms with Crippen LogP contribution in [0, 0.1) is 0 Å². The Hall–Kier alpha value is -2.51. The average molecular weight is 384 g/mol. The number of aromatic nitrogens is 1. The molecule has 132 valence electrons. The van der Waals surface area contributed by atoms with E-state index >= 15 is 0 Å². The number of benzene rings is 1. The van der Waals surface area contributed by atoms with E-state index < -0.39 is 23.5 Å². The summed E-state index contributed by atoms with van der Waals surface area (Å²) in [4.78, 5) is 36.5. The molecule has 2 rings (SSSR count). The predicted octanol–water partition coefficient (Wildman–Crippen LogP) is 2.72. The summed E-state index contributed by atoms with van der Waals surface area (Å²) in [7, 11) is 1.21. The van der Waals surface area contributed by atoms with E-state index in [0.717, 1.165) is 4.57 Å². The fourth-order valence-electron chi connectivity index (χ4n) is 2.09. The first-order valence-corrected chi connectivity index (χ1v) is 7.86. The summed E-state index contributed by atoms with van der Waals surface area (Å²) < 4.78 is 5.70. The molecule has 1 heterocycles. The first-order chi connectivity index (χ1) is 11.7. The molecule has 7 nitrogen and oxygen atoms in total. The number of rotatable bonds is 4. The van der Waals surface area contributed by atoms with Gasteiger partial charge in [-0.05, 0) is 31.2 Å². The quantitative estimate of drug-likeness (QED) is 0.623. The number of nitrogens with two attached hydrogens (primary N) is 1. The lowest BCUT2D eigenvalue weighted by molar-refractivity contribution is -0.144. The molecule has 0 radical (unpaired) electrons. The number of amides is 1. The minimum Gasteiger partial charge on any atom is -0.467 e. The van der Waals surface area contributed by atoms with Crippen LogP contribution in [0.15, 0.2) is 35.3 Å². The molecule has 3 N–H and O–H groups in total. The van der Waals surface area contributed by atoms with Gasteiger partial charge in [-0.3, -0.25) is 14.2 Å². The van der Waals surface area contributed by atoms with Gasteiger partial charge < -0.3 is 15.8 Å². The molecule has 0 aliphatic heterocycles. The van der Waals surface area contributed by atoms with Crippen molar-refractivity contribution in [1.82, 2.24) is 4.57 Å². The molecule has 0 fully saturated rings. The largest absolute Gasteiger partial charge is 0.467 e. The van der Waals surface area contributed by atoms with E-state index in [0.29, 0.717) is 5.69 Å². The number of methoxy groups -OCH3 is 1. The molecule has 1 amide bonds. The number of anilines is 2. The van der Waals surface area contributed by atoms with E-state index in [-0.39, 0.29) is 21.3 Å². The zero-order chi connectivity index (χ0) is 18.7. The zero-order valence-corrected chi connectivity index (χ0v) is 14.9. The summed E-state index contributed by atoms with van der Waals surface area (Å²) in [6.07, 6.45) is 1.29. The highest BCUT2D eigenvalue weighted by Crippen LogP contribution is 2.21. The number of hydrogen-bond donors (Lipinski definition) is 2. The Kier molecular flexibility index (Phi) is 5.71. The van der Waals surface area contributed by atoms with Gasteiger partial charge in [0.25, 0.3) is 11.5 Å². The molecule has 0 saturated heterocycles. The highest BCUT2D eigenvalue weighted by molar-refractivity contribution is 6.33. The Morgan fingerprint density at radius 2 is 1.96 bits per heavy atom. The molecule has 1 aromatic heterocycles. The fourth-order valence-corrected chi connectivity index (χ4v) is 2.49. The Morgan fingerprint density at radius 3 is 2.56 bits per heavy atom. The molecule has 0 saturated carbocycles. The van der Waals surface area contributed by atoms with Crippen molar-refractivity contribution in [2.45, 2.75) is 13.0 Å². The molecule has 1 unspecified atom stereocenters. The highest BCUT2D eigenvalue weighted by Gasteiger charge is 2.20. The van der Waals surface area contributed by atoms with Gasteiger partial charge in [0.15, 0.2) is 0 Å². The van der Waals surface area contributed by atoms with Crippen molar-refractivity contribution in [3.63, 3.8) is 0 Å². The number of nitrogens with zero attached hydrogens (tertiary/aromatic N) is 1. The summed E-state index contributed by atoms with van der Waals surface area (Å²) >= 11 is 11.9. The predicted molar refractivity (Wildman–Crippen MR) is 96.3 cm³/mol. The topological polar surface area (TPSA) is 103 Å². The summed E-state index contributed by atoms with van der Waals surface area (Å²) in [5.41, 5.74) is 5.46. The number of hydrogen-bond acceptors (Lipinski definition) is 5. The Labute approximate surface area is 153 Å². The van der Waals surface area contributed by atoms with Crippen LogP contribution in [-0.2, 0) is 9.53 Å². The number of carbonyl (C=O) groups is 2. The van der Waals surface area contributed by atoms with Crippen molar-refractivity contribution in [2.24, 2.45) is 0 Å². The Bertz CT molecular complexity index is 895. The van der Waals surface area contributed by atoms with Crippen LogP contribution in [0.3, 0.4) is 0 Å². The van der Waals surface area contributed by atoms with E-state index in [9.17, 15) is 14.4 Å². The fraction of sp³-hybridized carbons (Fsp3) is 0.188. The smallest absolute Gasteiger partial charge is 0.328 e. The SMILES string of the molecule is COC(=O)C(C)n1cc(Cl)cc(NC(=O)c2ccc(N)c(Cl)c2)c1=O. The van der Waals surface area contributed by atoms with Crippen molar-refractivity contribution >= 4 is 46.5 Å². The number of carbonyl (C=O) groups excluding carboxylic acids is 2. The van der Waals surface area contributed by atoms with Crippen LogP contribution in [0.1, 0.15) is 23.3 Å². The van der Waals surface area contributed by atoms with E-state index in [2.05, 4.69) is 10.1 Å². The van der Waals surface area contributed by atoms with Gasteiger partial charge in [-0.15, -0.1) is 0 Å². The van der Waals surface area contributed by atoms with Crippen LogP contribution >= 0.6 is 23.2 Å². The maximum atomic E-state index is 12.5. The summed E-state index contributed by atoms with van der Waals surface area (Å²) in [5.74, 6) is -1.19. The van der Waals surface area contributed by atoms with Crippen LogP contribution in [0.25, 0.3) is 0 Å². The van der Waals surface area contributed by atoms with Crippen molar-refractivity contribution < 1.29 is 14.3 Å². The molecule has 1 atom stereocenters. The van der Waals surface area contributed by atoms with Crippen molar-refractivity contribution in [3.05, 3.63) is 56.4 Å². The van der Waals surface area contributed by atoms with Gasteiger partial charge in [0, 0.05) is 11.8 Å². The Balaban J connectivity index is 2.38. The van der Waals surface area contributed by atoms with Crippen LogP contribution in [0.5, 0.6) is 0 Å². The second-order valence-electron chi connectivity index (χ2n) is 5.17. The number of ether oxygens (including phenoxy) is 1. The van der Waals surface area contributed by atoms with Crippen molar-refractivity contribution in [1.29, 1.82) is 0 Å². The lowest BCUT2D eigenvalue weighted by atomic mass is 10.2. The van der Waals surface area contributed by atoms with Gasteiger partial charge in [0.05, 0.1) is 22.8 Å². The van der Waals surface area contributed by atoms with Gasteiger partial charge in [-0.2, -0.15) is 0 Å². The first-order valence-electron chi connectivity index (χ1n) is 7.10. The summed E-state index contributed by atoms with van der Waals surface area (Å²) in [6, 6.07) is 4.72. The van der Waals surface area contributed by atoms with Crippen molar-refractivity contribution in [3.8, 4) is 0 Å². The molecule has 2 aromatic rings. The number of esters is 1. The monoisotopic (exact) mass is 383 g/mol. The molecule has 25 heavy (non-hydrogen) atoms. The molecule has 0 aliphatic rings. The summed E-state index contributed by atoms with van der Waals surface area (Å²) in [5, 5.41) is 2.84. The number of halogens is 2. The first kappa shape index (κ1) is 18.8. The molecule has 0 aliphatic carbocycles. The lowest BCUT2D eigenvalue weighted by Crippen LogP contribution is -2.31. The maximum absolute atomic E-state index is 12.5. The van der Waals surface area contributed by atoms with Gasteiger partial charge in [-0.1, -0.05) is 23.2 Å². The minimum absolute atomic E-state index is 0.0822. The second-order valence-corrected chi connectivity index (χ2v) is 6.02. The number of nitrogens with one attached hydrogen (secondary N) is 1. The number of pyridine rings is 1. The standard InChI is InChI=1S/C16H15Cl2N3O4/c1-8(16(24)25-2)21-7-10(17)6-13(15(21)23)20-14(22)9-3-4-12(19)11(18)5-9/h3-8H,19H2,1-2H3,(H,20,22). The van der Waals surface area contributed by atoms with Crippen LogP contribution < -0.4 is 16.6 Å². The van der Waals surface area contributed by atoms with Crippen LogP contribution in [-0.4, -0.2) is 23.6 Å². The van der Waals surface area contributed by atoms with Crippen LogP contribution in [0.2, 0.25) is 10.0 Å². The maximum Gasteiger partial charge on any atom is 0.328 e. The molecule has 1 aromatic carbocycles. The van der Waals surface area contributed by atoms with Crippen LogP contribution in [0.4, 0.5) is 11.4 Å². The zero-order valence-electron chi connectivity index (χ0n) is 13.4. The number of nitrogen functional groups attached to an aromatic ring is 1. The van der Waals surface area contributed by atoms with Gasteiger partial charge in [0.2, 0.25) is 0 Å². The molecule has 9 heteroatoms. The average Bonchev–Trinajstić information content (AvgIpc) is 2.58. The molecular formula is C16H15Cl2N3O4. The summed E-state index contributed by atoms with van der Waals surface area (Å²) in [6.45, 7) is 1.48. The molecule has 0 bridgehead atoms. The minimum atomic E-state index is -0.905. The molecule has 0 spiro atoms. The normalized spacial score (nSPS) is 11.7. The van der Waals surface area contributed by atoms with Crippen molar-refractivity contribution in [2.75, 3.05) is 18.2 Å².